The van der Waals surface area contributed by atoms with Crippen molar-refractivity contribution in [1.29, 1.82) is 0 Å². The highest BCUT2D eigenvalue weighted by Gasteiger charge is 2.08. The van der Waals surface area contributed by atoms with Gasteiger partial charge in [0.1, 0.15) is 11.6 Å². The molecule has 2 aromatic rings. The van der Waals surface area contributed by atoms with Crippen LogP contribution >= 0.6 is 0 Å². The van der Waals surface area contributed by atoms with Crippen LogP contribution in [0.5, 0.6) is 0 Å². The Labute approximate surface area is 95.1 Å². The number of aromatic nitrogens is 2. The molecule has 0 fully saturated rings. The van der Waals surface area contributed by atoms with Gasteiger partial charge in [0.05, 0.1) is 5.52 Å². The van der Waals surface area contributed by atoms with Gasteiger partial charge in [-0.1, -0.05) is 12.1 Å². The zero-order valence-corrected chi connectivity index (χ0v) is 9.64. The van der Waals surface area contributed by atoms with Crippen molar-refractivity contribution in [2.24, 2.45) is 5.73 Å². The summed E-state index contributed by atoms with van der Waals surface area (Å²) in [6.45, 7) is 0.575. The van der Waals surface area contributed by atoms with Gasteiger partial charge in [0.15, 0.2) is 0 Å². The minimum Gasteiger partial charge on any atom is -0.362 e. The highest BCUT2D eigenvalue weighted by atomic mass is 15.2. The molecule has 0 unspecified atom stereocenters. The van der Waals surface area contributed by atoms with Crippen LogP contribution in [0, 0.1) is 0 Å². The molecule has 0 spiro atoms. The molecule has 0 bridgehead atoms. The topological polar surface area (TPSA) is 55.0 Å². The third-order valence-corrected chi connectivity index (χ3v) is 2.42. The Morgan fingerprint density at radius 3 is 2.62 bits per heavy atom. The summed E-state index contributed by atoms with van der Waals surface area (Å²) >= 11 is 0. The van der Waals surface area contributed by atoms with Crippen LogP contribution in [-0.4, -0.2) is 30.6 Å². The van der Waals surface area contributed by atoms with Gasteiger partial charge in [-0.05, 0) is 18.7 Å². The molecule has 2 N–H and O–H groups in total. The normalized spacial score (nSPS) is 10.7. The molecule has 0 saturated heterocycles. The maximum Gasteiger partial charge on any atom is 0.139 e. The lowest BCUT2D eigenvalue weighted by Crippen LogP contribution is -2.14. The summed E-state index contributed by atoms with van der Waals surface area (Å²) in [5, 5.41) is 1.08. The number of para-hydroxylation sites is 1. The summed E-state index contributed by atoms with van der Waals surface area (Å²) in [5.74, 6) is 1.76. The predicted molar refractivity (Wildman–Crippen MR) is 66.6 cm³/mol. The maximum absolute atomic E-state index is 5.54. The van der Waals surface area contributed by atoms with Crippen LogP contribution in [-0.2, 0) is 6.42 Å². The van der Waals surface area contributed by atoms with Crippen molar-refractivity contribution >= 4 is 16.7 Å². The molecule has 0 radical (unpaired) electrons. The number of nitrogens with two attached hydrogens (primary N) is 1. The third-order valence-electron chi connectivity index (χ3n) is 2.42. The molecular formula is C12H16N4. The lowest BCUT2D eigenvalue weighted by Gasteiger charge is -2.15. The van der Waals surface area contributed by atoms with Gasteiger partial charge in [-0.3, -0.25) is 0 Å². The van der Waals surface area contributed by atoms with Crippen molar-refractivity contribution in [2.75, 3.05) is 25.5 Å². The molecule has 0 saturated carbocycles. The zero-order chi connectivity index (χ0) is 11.5. The average Bonchev–Trinajstić information content (AvgIpc) is 2.28. The lowest BCUT2D eigenvalue weighted by atomic mass is 10.2. The van der Waals surface area contributed by atoms with Crippen LogP contribution in [0.3, 0.4) is 0 Å². The van der Waals surface area contributed by atoms with Crippen molar-refractivity contribution in [1.82, 2.24) is 9.97 Å². The molecule has 0 atom stereocenters. The fourth-order valence-corrected chi connectivity index (χ4v) is 1.69. The SMILES string of the molecule is CN(C)c1nc(CCN)nc2ccccc12. The molecule has 1 aromatic carbocycles. The zero-order valence-electron chi connectivity index (χ0n) is 9.64. The number of fused-ring (bicyclic) bond motifs is 1. The van der Waals surface area contributed by atoms with E-state index in [9.17, 15) is 0 Å². The number of hydrogen-bond acceptors (Lipinski definition) is 4. The highest BCUT2D eigenvalue weighted by molar-refractivity contribution is 5.89. The van der Waals surface area contributed by atoms with E-state index in [0.29, 0.717) is 13.0 Å². The van der Waals surface area contributed by atoms with Crippen molar-refractivity contribution in [2.45, 2.75) is 6.42 Å². The van der Waals surface area contributed by atoms with E-state index in [1.807, 2.05) is 43.3 Å². The summed E-state index contributed by atoms with van der Waals surface area (Å²) in [5.41, 5.74) is 6.51. The monoisotopic (exact) mass is 216 g/mol. The molecular weight excluding hydrogens is 200 g/mol. The van der Waals surface area contributed by atoms with Gasteiger partial charge in [0, 0.05) is 25.9 Å². The van der Waals surface area contributed by atoms with Crippen molar-refractivity contribution in [3.8, 4) is 0 Å². The standard InChI is InChI=1S/C12H16N4/c1-16(2)12-9-5-3-4-6-10(9)14-11(15-12)7-8-13/h3-6H,7-8,13H2,1-2H3. The van der Waals surface area contributed by atoms with Crippen LogP contribution in [0.1, 0.15) is 5.82 Å². The average molecular weight is 216 g/mol. The Bertz CT molecular complexity index is 493. The second-order valence-electron chi connectivity index (χ2n) is 3.91. The fraction of sp³-hybridized carbons (Fsp3) is 0.333. The predicted octanol–water partition coefficient (Wildman–Crippen LogP) is 1.20. The highest BCUT2D eigenvalue weighted by Crippen LogP contribution is 2.21. The summed E-state index contributed by atoms with van der Waals surface area (Å²) in [7, 11) is 3.97. The van der Waals surface area contributed by atoms with Gasteiger partial charge in [-0.15, -0.1) is 0 Å². The van der Waals surface area contributed by atoms with Crippen molar-refractivity contribution in [3.05, 3.63) is 30.1 Å². The van der Waals surface area contributed by atoms with Crippen LogP contribution in [0.4, 0.5) is 5.82 Å². The van der Waals surface area contributed by atoms with E-state index in [0.717, 1.165) is 22.5 Å². The maximum atomic E-state index is 5.54. The van der Waals surface area contributed by atoms with E-state index in [1.54, 1.807) is 0 Å². The molecule has 4 heteroatoms. The van der Waals surface area contributed by atoms with Crippen molar-refractivity contribution < 1.29 is 0 Å². The summed E-state index contributed by atoms with van der Waals surface area (Å²) in [6.07, 6.45) is 0.714. The van der Waals surface area contributed by atoms with E-state index in [1.165, 1.54) is 0 Å². The Balaban J connectivity index is 2.64. The molecule has 0 aliphatic heterocycles. The van der Waals surface area contributed by atoms with Gasteiger partial charge in [-0.25, -0.2) is 9.97 Å². The van der Waals surface area contributed by atoms with Crippen LogP contribution < -0.4 is 10.6 Å². The summed E-state index contributed by atoms with van der Waals surface area (Å²) < 4.78 is 0. The van der Waals surface area contributed by atoms with Gasteiger partial charge in [-0.2, -0.15) is 0 Å². The third kappa shape index (κ3) is 1.97. The van der Waals surface area contributed by atoms with Crippen LogP contribution in [0.15, 0.2) is 24.3 Å². The van der Waals surface area contributed by atoms with E-state index in [-0.39, 0.29) is 0 Å². The Hall–Kier alpha value is -1.68. The molecule has 2 rings (SSSR count). The number of nitrogens with zero attached hydrogens (tertiary/aromatic N) is 3. The molecule has 84 valence electrons. The van der Waals surface area contributed by atoms with E-state index >= 15 is 0 Å². The quantitative estimate of drug-likeness (QED) is 0.837. The largest absolute Gasteiger partial charge is 0.362 e. The number of rotatable bonds is 3. The molecule has 16 heavy (non-hydrogen) atoms. The first-order valence-electron chi connectivity index (χ1n) is 5.35. The number of benzene rings is 1. The molecule has 0 aliphatic rings. The minimum atomic E-state index is 0.575. The van der Waals surface area contributed by atoms with E-state index in [2.05, 4.69) is 9.97 Å². The molecule has 4 nitrogen and oxygen atoms in total. The fourth-order valence-electron chi connectivity index (χ4n) is 1.69. The molecule has 1 heterocycles. The van der Waals surface area contributed by atoms with E-state index < -0.39 is 0 Å². The number of anilines is 1. The molecule has 0 aliphatic carbocycles. The molecule has 0 amide bonds. The Morgan fingerprint density at radius 2 is 1.94 bits per heavy atom. The van der Waals surface area contributed by atoms with Crippen LogP contribution in [0.25, 0.3) is 10.9 Å². The van der Waals surface area contributed by atoms with Crippen molar-refractivity contribution in [3.63, 3.8) is 0 Å². The molecule has 1 aromatic heterocycles. The first kappa shape index (κ1) is 10.8. The van der Waals surface area contributed by atoms with Gasteiger partial charge >= 0.3 is 0 Å². The first-order valence-corrected chi connectivity index (χ1v) is 5.35. The minimum absolute atomic E-state index is 0.575. The Morgan fingerprint density at radius 1 is 1.19 bits per heavy atom. The Kier molecular flexibility index (Phi) is 3.01. The van der Waals surface area contributed by atoms with Crippen LogP contribution in [0.2, 0.25) is 0 Å². The number of hydrogen-bond donors (Lipinski definition) is 1. The van der Waals surface area contributed by atoms with Gasteiger partial charge in [0.2, 0.25) is 0 Å². The first-order chi connectivity index (χ1) is 7.72. The lowest BCUT2D eigenvalue weighted by molar-refractivity contribution is 0.871. The summed E-state index contributed by atoms with van der Waals surface area (Å²) in [4.78, 5) is 11.0. The van der Waals surface area contributed by atoms with Gasteiger partial charge < -0.3 is 10.6 Å². The summed E-state index contributed by atoms with van der Waals surface area (Å²) in [6, 6.07) is 8.03. The van der Waals surface area contributed by atoms with Gasteiger partial charge in [0.25, 0.3) is 0 Å². The smallest absolute Gasteiger partial charge is 0.139 e. The second-order valence-corrected chi connectivity index (χ2v) is 3.91. The second kappa shape index (κ2) is 4.45. The van der Waals surface area contributed by atoms with E-state index in [4.69, 9.17) is 5.73 Å².